The van der Waals surface area contributed by atoms with Gasteiger partial charge in [-0.1, -0.05) is 28.1 Å². The van der Waals surface area contributed by atoms with Gasteiger partial charge in [-0.3, -0.25) is 9.52 Å². The number of ether oxygens (including phenoxy) is 1. The van der Waals surface area contributed by atoms with Crippen LogP contribution in [0.1, 0.15) is 11.1 Å². The normalized spacial score (nSPS) is 11.1. The quantitative estimate of drug-likeness (QED) is 0.758. The van der Waals surface area contributed by atoms with Crippen molar-refractivity contribution in [3.8, 4) is 5.75 Å². The van der Waals surface area contributed by atoms with E-state index in [2.05, 4.69) is 20.7 Å². The van der Waals surface area contributed by atoms with E-state index >= 15 is 0 Å². The molecule has 0 fully saturated rings. The summed E-state index contributed by atoms with van der Waals surface area (Å²) >= 11 is 3.35. The molecule has 0 aliphatic rings. The molecule has 0 radical (unpaired) electrons. The van der Waals surface area contributed by atoms with Crippen molar-refractivity contribution in [1.82, 2.24) is 0 Å². The lowest BCUT2D eigenvalue weighted by atomic mass is 10.1. The number of methoxy groups -OCH3 is 1. The molecule has 0 atom stereocenters. The fraction of sp³-hybridized carbons (Fsp3) is 0.188. The molecule has 0 unspecified atom stereocenters. The van der Waals surface area contributed by atoms with Crippen molar-refractivity contribution < 1.29 is 23.1 Å². The first kappa shape index (κ1) is 18.3. The summed E-state index contributed by atoms with van der Waals surface area (Å²) in [6, 6.07) is 9.34. The lowest BCUT2D eigenvalue weighted by Gasteiger charge is -2.13. The van der Waals surface area contributed by atoms with Gasteiger partial charge in [0.2, 0.25) is 0 Å². The zero-order valence-electron chi connectivity index (χ0n) is 13.0. The van der Waals surface area contributed by atoms with Crippen LogP contribution in [0.2, 0.25) is 0 Å². The summed E-state index contributed by atoms with van der Waals surface area (Å²) in [6.45, 7) is 1.89. The highest BCUT2D eigenvalue weighted by atomic mass is 79.9. The van der Waals surface area contributed by atoms with E-state index in [1.807, 2.05) is 6.92 Å². The largest absolute Gasteiger partial charge is 0.495 e. The van der Waals surface area contributed by atoms with E-state index < -0.39 is 16.0 Å². The first-order chi connectivity index (χ1) is 11.2. The van der Waals surface area contributed by atoms with Gasteiger partial charge in [-0.05, 0) is 42.3 Å². The van der Waals surface area contributed by atoms with Gasteiger partial charge in [-0.15, -0.1) is 0 Å². The van der Waals surface area contributed by atoms with Crippen LogP contribution in [0.15, 0.2) is 45.8 Å². The van der Waals surface area contributed by atoms with Crippen LogP contribution in [-0.4, -0.2) is 26.6 Å². The SMILES string of the molecule is COc1ccc(CC(=O)O)cc1S(=O)(=O)Nc1ccc(C)c(Br)c1. The van der Waals surface area contributed by atoms with Gasteiger partial charge in [-0.2, -0.15) is 0 Å². The summed E-state index contributed by atoms with van der Waals surface area (Å²) in [6.07, 6.45) is -0.275. The third-order valence-electron chi connectivity index (χ3n) is 3.30. The van der Waals surface area contributed by atoms with E-state index in [4.69, 9.17) is 9.84 Å². The van der Waals surface area contributed by atoms with E-state index in [0.717, 1.165) is 10.0 Å². The number of halogens is 1. The average Bonchev–Trinajstić information content (AvgIpc) is 2.50. The van der Waals surface area contributed by atoms with E-state index in [9.17, 15) is 13.2 Å². The van der Waals surface area contributed by atoms with Crippen molar-refractivity contribution in [1.29, 1.82) is 0 Å². The zero-order chi connectivity index (χ0) is 17.9. The number of benzene rings is 2. The molecule has 2 N–H and O–H groups in total. The molecule has 2 rings (SSSR count). The van der Waals surface area contributed by atoms with Crippen LogP contribution in [0.5, 0.6) is 5.75 Å². The van der Waals surface area contributed by atoms with Crippen LogP contribution >= 0.6 is 15.9 Å². The van der Waals surface area contributed by atoms with Crippen LogP contribution in [0, 0.1) is 6.92 Å². The number of aryl methyl sites for hydroxylation is 1. The number of sulfonamides is 1. The molecule has 128 valence electrons. The Hall–Kier alpha value is -2.06. The first-order valence-electron chi connectivity index (χ1n) is 6.90. The molecule has 0 saturated carbocycles. The fourth-order valence-electron chi connectivity index (χ4n) is 2.08. The van der Waals surface area contributed by atoms with Crippen molar-refractivity contribution in [2.24, 2.45) is 0 Å². The highest BCUT2D eigenvalue weighted by Gasteiger charge is 2.21. The Balaban J connectivity index is 2.43. The number of anilines is 1. The van der Waals surface area contributed by atoms with Gasteiger partial charge in [0.1, 0.15) is 10.6 Å². The molecule has 0 aromatic heterocycles. The van der Waals surface area contributed by atoms with Gasteiger partial charge < -0.3 is 9.84 Å². The molecule has 2 aromatic rings. The van der Waals surface area contributed by atoms with Crippen molar-refractivity contribution in [3.63, 3.8) is 0 Å². The molecule has 0 aliphatic carbocycles. The van der Waals surface area contributed by atoms with E-state index in [1.165, 1.54) is 25.3 Å². The molecule has 0 heterocycles. The minimum atomic E-state index is -3.93. The second-order valence-corrected chi connectivity index (χ2v) is 7.63. The van der Waals surface area contributed by atoms with Crippen LogP contribution in [-0.2, 0) is 21.2 Å². The second-order valence-electron chi connectivity index (χ2n) is 5.13. The Labute approximate surface area is 148 Å². The average molecular weight is 414 g/mol. The van der Waals surface area contributed by atoms with E-state index in [-0.39, 0.29) is 17.1 Å². The molecular weight excluding hydrogens is 398 g/mol. The predicted octanol–water partition coefficient (Wildman–Crippen LogP) is 3.19. The van der Waals surface area contributed by atoms with Crippen LogP contribution in [0.3, 0.4) is 0 Å². The molecule has 24 heavy (non-hydrogen) atoms. The molecule has 2 aromatic carbocycles. The smallest absolute Gasteiger partial charge is 0.307 e. The van der Waals surface area contributed by atoms with Gasteiger partial charge >= 0.3 is 5.97 Å². The Kier molecular flexibility index (Phi) is 5.51. The lowest BCUT2D eigenvalue weighted by molar-refractivity contribution is -0.136. The third-order valence-corrected chi connectivity index (χ3v) is 5.55. The number of carboxylic acid groups (broad SMARTS) is 1. The van der Waals surface area contributed by atoms with Crippen molar-refractivity contribution >= 4 is 37.6 Å². The third kappa shape index (κ3) is 4.27. The zero-order valence-corrected chi connectivity index (χ0v) is 15.4. The second kappa shape index (κ2) is 7.23. The Morgan fingerprint density at radius 2 is 1.96 bits per heavy atom. The monoisotopic (exact) mass is 413 g/mol. The number of hydrogen-bond donors (Lipinski definition) is 2. The molecule has 0 saturated heterocycles. The van der Waals surface area contributed by atoms with Crippen LogP contribution < -0.4 is 9.46 Å². The van der Waals surface area contributed by atoms with Gasteiger partial charge in [0.05, 0.1) is 13.5 Å². The van der Waals surface area contributed by atoms with Crippen molar-refractivity contribution in [3.05, 3.63) is 52.0 Å². The van der Waals surface area contributed by atoms with Crippen LogP contribution in [0.25, 0.3) is 0 Å². The van der Waals surface area contributed by atoms with Crippen LogP contribution in [0.4, 0.5) is 5.69 Å². The van der Waals surface area contributed by atoms with Crippen molar-refractivity contribution in [2.75, 3.05) is 11.8 Å². The predicted molar refractivity (Wildman–Crippen MR) is 94.0 cm³/mol. The molecule has 0 aliphatic heterocycles. The molecule has 8 heteroatoms. The maximum atomic E-state index is 12.7. The Morgan fingerprint density at radius 1 is 1.25 bits per heavy atom. The molecule has 0 spiro atoms. The number of carboxylic acids is 1. The number of hydrogen-bond acceptors (Lipinski definition) is 4. The van der Waals surface area contributed by atoms with Crippen molar-refractivity contribution in [2.45, 2.75) is 18.2 Å². The summed E-state index contributed by atoms with van der Waals surface area (Å²) in [4.78, 5) is 10.7. The van der Waals surface area contributed by atoms with Gasteiger partial charge in [-0.25, -0.2) is 8.42 Å². The fourth-order valence-corrected chi connectivity index (χ4v) is 3.73. The standard InChI is InChI=1S/C16H16BrNO5S/c1-10-3-5-12(9-13(10)17)18-24(21,22)15-7-11(8-16(19)20)4-6-14(15)23-2/h3-7,9,18H,8H2,1-2H3,(H,19,20). The Bertz CT molecular complexity index is 880. The summed E-state index contributed by atoms with van der Waals surface area (Å²) in [5.41, 5.74) is 1.73. The summed E-state index contributed by atoms with van der Waals surface area (Å²) in [7, 11) is -2.58. The summed E-state index contributed by atoms with van der Waals surface area (Å²) in [5, 5.41) is 8.88. The topological polar surface area (TPSA) is 92.7 Å². The van der Waals surface area contributed by atoms with Gasteiger partial charge in [0, 0.05) is 10.2 Å². The molecule has 0 amide bonds. The molecule has 0 bridgehead atoms. The minimum absolute atomic E-state index is 0.111. The van der Waals surface area contributed by atoms with E-state index in [0.29, 0.717) is 11.3 Å². The number of rotatable bonds is 6. The first-order valence-corrected chi connectivity index (χ1v) is 9.18. The van der Waals surface area contributed by atoms with E-state index in [1.54, 1.807) is 18.2 Å². The maximum absolute atomic E-state index is 12.7. The van der Waals surface area contributed by atoms with Gasteiger partial charge in [0.15, 0.2) is 0 Å². The summed E-state index contributed by atoms with van der Waals surface area (Å²) in [5.74, 6) is -0.901. The molecular formula is C16H16BrNO5S. The number of nitrogens with one attached hydrogen (secondary N) is 1. The highest BCUT2D eigenvalue weighted by Crippen LogP contribution is 2.28. The maximum Gasteiger partial charge on any atom is 0.307 e. The lowest BCUT2D eigenvalue weighted by Crippen LogP contribution is -2.15. The number of carbonyl (C=O) groups is 1. The van der Waals surface area contributed by atoms with Gasteiger partial charge in [0.25, 0.3) is 10.0 Å². The Morgan fingerprint density at radius 3 is 2.54 bits per heavy atom. The minimum Gasteiger partial charge on any atom is -0.495 e. The number of aliphatic carboxylic acids is 1. The highest BCUT2D eigenvalue weighted by molar-refractivity contribution is 9.10. The molecule has 6 nitrogen and oxygen atoms in total. The summed E-state index contributed by atoms with van der Waals surface area (Å²) < 4.78 is 33.7.